The van der Waals surface area contributed by atoms with E-state index in [1.54, 1.807) is 0 Å². The van der Waals surface area contributed by atoms with Crippen LogP contribution < -0.4 is 0 Å². The molecule has 0 spiro atoms. The van der Waals surface area contributed by atoms with Gasteiger partial charge in [-0.2, -0.15) is 0 Å². The zero-order valence-electron chi connectivity index (χ0n) is 7.21. The van der Waals surface area contributed by atoms with Crippen LogP contribution in [-0.4, -0.2) is 19.0 Å². The summed E-state index contributed by atoms with van der Waals surface area (Å²) in [5.74, 6) is 3.03. The molecule has 0 saturated carbocycles. The Labute approximate surface area is 73.3 Å². The Morgan fingerprint density at radius 3 is 3.17 bits per heavy atom. The number of hydrogen-bond donors (Lipinski definition) is 0. The maximum absolute atomic E-state index is 11.3. The molecule has 0 aromatic carbocycles. The van der Waals surface area contributed by atoms with Gasteiger partial charge in [-0.15, -0.1) is 12.3 Å². The fourth-order valence-electron chi connectivity index (χ4n) is 1.39. The van der Waals surface area contributed by atoms with Gasteiger partial charge in [-0.3, -0.25) is 4.79 Å². The maximum Gasteiger partial charge on any atom is 0.140 e. The monoisotopic (exact) mass is 166 g/mol. The molecule has 1 heterocycles. The van der Waals surface area contributed by atoms with E-state index in [4.69, 9.17) is 11.2 Å². The predicted molar refractivity (Wildman–Crippen MR) is 46.6 cm³/mol. The molecule has 12 heavy (non-hydrogen) atoms. The second-order valence-corrected chi connectivity index (χ2v) is 3.08. The Bertz CT molecular complexity index is 191. The van der Waals surface area contributed by atoms with Gasteiger partial charge in [0.2, 0.25) is 0 Å². The van der Waals surface area contributed by atoms with Crippen LogP contribution in [0.3, 0.4) is 0 Å². The molecule has 2 heteroatoms. The van der Waals surface area contributed by atoms with E-state index in [2.05, 4.69) is 5.92 Å². The van der Waals surface area contributed by atoms with Gasteiger partial charge in [0, 0.05) is 18.8 Å². The van der Waals surface area contributed by atoms with E-state index in [0.29, 0.717) is 25.4 Å². The van der Waals surface area contributed by atoms with Gasteiger partial charge >= 0.3 is 0 Å². The summed E-state index contributed by atoms with van der Waals surface area (Å²) in [5.41, 5.74) is 0. The molecule has 0 amide bonds. The van der Waals surface area contributed by atoms with Gasteiger partial charge in [0.05, 0.1) is 13.2 Å². The Morgan fingerprint density at radius 1 is 1.67 bits per heavy atom. The quantitative estimate of drug-likeness (QED) is 0.468. The van der Waals surface area contributed by atoms with Gasteiger partial charge < -0.3 is 4.74 Å². The summed E-state index contributed by atoms with van der Waals surface area (Å²) in [6, 6.07) is 0. The van der Waals surface area contributed by atoms with Crippen LogP contribution in [0, 0.1) is 18.3 Å². The first-order valence-corrected chi connectivity index (χ1v) is 4.38. The van der Waals surface area contributed by atoms with Gasteiger partial charge in [0.25, 0.3) is 0 Å². The zero-order chi connectivity index (χ0) is 8.81. The molecule has 0 N–H and O–H groups in total. The number of Topliss-reactive ketones (excluding diaryl/α,β-unsaturated/α-hetero) is 1. The molecule has 0 aromatic heterocycles. The first-order valence-electron chi connectivity index (χ1n) is 4.38. The normalized spacial score (nSPS) is 23.6. The Morgan fingerprint density at radius 2 is 2.50 bits per heavy atom. The highest BCUT2D eigenvalue weighted by atomic mass is 16.5. The van der Waals surface area contributed by atoms with E-state index in [1.807, 2.05) is 0 Å². The number of rotatable bonds is 3. The van der Waals surface area contributed by atoms with Crippen molar-refractivity contribution in [1.29, 1.82) is 0 Å². The van der Waals surface area contributed by atoms with Crippen molar-refractivity contribution in [3.05, 3.63) is 0 Å². The smallest absolute Gasteiger partial charge is 0.140 e. The van der Waals surface area contributed by atoms with Crippen molar-refractivity contribution in [3.63, 3.8) is 0 Å². The van der Waals surface area contributed by atoms with Gasteiger partial charge in [-0.1, -0.05) is 0 Å². The summed E-state index contributed by atoms with van der Waals surface area (Å²) >= 11 is 0. The van der Waals surface area contributed by atoms with Gasteiger partial charge in [-0.05, 0) is 12.8 Å². The molecule has 0 aliphatic carbocycles. The maximum atomic E-state index is 11.3. The largest absolute Gasteiger partial charge is 0.380 e. The minimum Gasteiger partial charge on any atom is -0.380 e. The average molecular weight is 166 g/mol. The third kappa shape index (κ3) is 2.67. The Hall–Kier alpha value is -0.810. The molecule has 1 fully saturated rings. The van der Waals surface area contributed by atoms with E-state index in [9.17, 15) is 4.79 Å². The summed E-state index contributed by atoms with van der Waals surface area (Å²) in [6.07, 6.45) is 8.30. The standard InChI is InChI=1S/C10H14O2/c1-2-3-4-5-9-8-12-7-6-10(9)11/h1,9H,3-8H2. The molecular formula is C10H14O2. The first-order chi connectivity index (χ1) is 5.84. The number of ketones is 1. The molecule has 1 aliphatic rings. The first kappa shape index (κ1) is 9.28. The van der Waals surface area contributed by atoms with Crippen LogP contribution in [0.5, 0.6) is 0 Å². The van der Waals surface area contributed by atoms with E-state index >= 15 is 0 Å². The lowest BCUT2D eigenvalue weighted by Gasteiger charge is -2.20. The van der Waals surface area contributed by atoms with Crippen LogP contribution in [0.25, 0.3) is 0 Å². The minimum atomic E-state index is 0.118. The Balaban J connectivity index is 2.21. The minimum absolute atomic E-state index is 0.118. The Kier molecular flexibility index (Phi) is 3.83. The average Bonchev–Trinajstić information content (AvgIpc) is 2.09. The number of carbonyl (C=O) groups is 1. The van der Waals surface area contributed by atoms with Crippen LogP contribution in [-0.2, 0) is 9.53 Å². The molecule has 2 nitrogen and oxygen atoms in total. The molecule has 0 bridgehead atoms. The van der Waals surface area contributed by atoms with Crippen molar-refractivity contribution in [3.8, 4) is 12.3 Å². The van der Waals surface area contributed by atoms with Crippen molar-refractivity contribution in [2.24, 2.45) is 5.92 Å². The van der Waals surface area contributed by atoms with Crippen molar-refractivity contribution in [1.82, 2.24) is 0 Å². The van der Waals surface area contributed by atoms with Crippen LogP contribution in [0.2, 0.25) is 0 Å². The van der Waals surface area contributed by atoms with Crippen LogP contribution >= 0.6 is 0 Å². The lowest BCUT2D eigenvalue weighted by Crippen LogP contribution is -2.27. The highest BCUT2D eigenvalue weighted by molar-refractivity contribution is 5.81. The number of terminal acetylenes is 1. The van der Waals surface area contributed by atoms with Crippen LogP contribution in [0.4, 0.5) is 0 Å². The fraction of sp³-hybridized carbons (Fsp3) is 0.700. The molecule has 0 radical (unpaired) electrons. The number of unbranched alkanes of at least 4 members (excludes halogenated alkanes) is 1. The third-order valence-electron chi connectivity index (χ3n) is 2.14. The van der Waals surface area contributed by atoms with Crippen LogP contribution in [0.1, 0.15) is 25.7 Å². The van der Waals surface area contributed by atoms with Crippen molar-refractivity contribution in [2.75, 3.05) is 13.2 Å². The van der Waals surface area contributed by atoms with Gasteiger partial charge in [0.15, 0.2) is 0 Å². The van der Waals surface area contributed by atoms with Gasteiger partial charge in [0.1, 0.15) is 5.78 Å². The lowest BCUT2D eigenvalue weighted by molar-refractivity contribution is -0.130. The summed E-state index contributed by atoms with van der Waals surface area (Å²) < 4.78 is 5.21. The van der Waals surface area contributed by atoms with E-state index in [0.717, 1.165) is 19.3 Å². The molecular weight excluding hydrogens is 152 g/mol. The summed E-state index contributed by atoms with van der Waals surface area (Å²) in [6.45, 7) is 1.20. The molecule has 1 aliphatic heterocycles. The number of carbonyl (C=O) groups excluding carboxylic acids is 1. The van der Waals surface area contributed by atoms with Crippen molar-refractivity contribution in [2.45, 2.75) is 25.7 Å². The zero-order valence-corrected chi connectivity index (χ0v) is 7.21. The van der Waals surface area contributed by atoms with E-state index < -0.39 is 0 Å². The molecule has 0 aromatic rings. The highest BCUT2D eigenvalue weighted by Gasteiger charge is 2.21. The summed E-state index contributed by atoms with van der Waals surface area (Å²) in [7, 11) is 0. The number of hydrogen-bond acceptors (Lipinski definition) is 2. The van der Waals surface area contributed by atoms with E-state index in [-0.39, 0.29) is 5.92 Å². The molecule has 1 saturated heterocycles. The lowest BCUT2D eigenvalue weighted by atomic mass is 9.95. The topological polar surface area (TPSA) is 26.3 Å². The summed E-state index contributed by atoms with van der Waals surface area (Å²) in [4.78, 5) is 11.3. The number of ether oxygens (including phenoxy) is 1. The molecule has 1 unspecified atom stereocenters. The summed E-state index contributed by atoms with van der Waals surface area (Å²) in [5, 5.41) is 0. The van der Waals surface area contributed by atoms with Crippen molar-refractivity contribution >= 4 is 5.78 Å². The second-order valence-electron chi connectivity index (χ2n) is 3.08. The van der Waals surface area contributed by atoms with Crippen LogP contribution in [0.15, 0.2) is 0 Å². The van der Waals surface area contributed by atoms with E-state index in [1.165, 1.54) is 0 Å². The highest BCUT2D eigenvalue weighted by Crippen LogP contribution is 2.16. The molecule has 1 atom stereocenters. The van der Waals surface area contributed by atoms with Gasteiger partial charge in [-0.25, -0.2) is 0 Å². The predicted octanol–water partition coefficient (Wildman–Crippen LogP) is 1.40. The molecule has 66 valence electrons. The SMILES string of the molecule is C#CCCCC1COCCC1=O. The molecule has 1 rings (SSSR count). The third-order valence-corrected chi connectivity index (χ3v) is 2.14. The second kappa shape index (κ2) is 4.95. The van der Waals surface area contributed by atoms with Crippen molar-refractivity contribution < 1.29 is 9.53 Å². The fourth-order valence-corrected chi connectivity index (χ4v) is 1.39.